The van der Waals surface area contributed by atoms with Crippen molar-refractivity contribution < 1.29 is 0 Å². The SMILES string of the molecule is CN(C)c1ncccc1NCc1ccc(C#N)s1. The second-order valence-corrected chi connectivity index (χ2v) is 5.17. The van der Waals surface area contributed by atoms with Crippen LogP contribution in [0.5, 0.6) is 0 Å². The summed E-state index contributed by atoms with van der Waals surface area (Å²) in [6.07, 6.45) is 1.78. The quantitative estimate of drug-likeness (QED) is 0.916. The van der Waals surface area contributed by atoms with Gasteiger partial charge in [0.25, 0.3) is 0 Å². The monoisotopic (exact) mass is 258 g/mol. The van der Waals surface area contributed by atoms with Crippen LogP contribution in [0, 0.1) is 11.3 Å². The van der Waals surface area contributed by atoms with E-state index in [0.717, 1.165) is 21.3 Å². The highest BCUT2D eigenvalue weighted by molar-refractivity contribution is 7.12. The van der Waals surface area contributed by atoms with Crippen molar-refractivity contribution in [2.45, 2.75) is 6.54 Å². The lowest BCUT2D eigenvalue weighted by Gasteiger charge is -2.16. The van der Waals surface area contributed by atoms with Gasteiger partial charge in [-0.3, -0.25) is 0 Å². The minimum absolute atomic E-state index is 0.707. The van der Waals surface area contributed by atoms with Crippen LogP contribution in [0.25, 0.3) is 0 Å². The van der Waals surface area contributed by atoms with Gasteiger partial charge < -0.3 is 10.2 Å². The van der Waals surface area contributed by atoms with Crippen molar-refractivity contribution in [3.05, 3.63) is 40.2 Å². The molecule has 0 bridgehead atoms. The van der Waals surface area contributed by atoms with Gasteiger partial charge in [-0.05, 0) is 24.3 Å². The molecule has 1 N–H and O–H groups in total. The number of rotatable bonds is 4. The Labute approximate surface area is 111 Å². The van der Waals surface area contributed by atoms with E-state index in [2.05, 4.69) is 16.4 Å². The Bertz CT molecular complexity index is 568. The van der Waals surface area contributed by atoms with Gasteiger partial charge in [0.15, 0.2) is 5.82 Å². The zero-order valence-corrected chi connectivity index (χ0v) is 11.2. The minimum atomic E-state index is 0.707. The molecule has 0 radical (unpaired) electrons. The highest BCUT2D eigenvalue weighted by atomic mass is 32.1. The molecular formula is C13H14N4S. The molecule has 0 aromatic carbocycles. The normalized spacial score (nSPS) is 9.83. The van der Waals surface area contributed by atoms with E-state index in [9.17, 15) is 0 Å². The van der Waals surface area contributed by atoms with Crippen LogP contribution in [-0.4, -0.2) is 19.1 Å². The Morgan fingerprint density at radius 1 is 1.39 bits per heavy atom. The highest BCUT2D eigenvalue weighted by Gasteiger charge is 2.05. The summed E-state index contributed by atoms with van der Waals surface area (Å²) in [5, 5.41) is 12.1. The van der Waals surface area contributed by atoms with Crippen molar-refractivity contribution in [3.8, 4) is 6.07 Å². The number of thiophene rings is 1. The van der Waals surface area contributed by atoms with Crippen molar-refractivity contribution in [2.75, 3.05) is 24.3 Å². The first-order valence-electron chi connectivity index (χ1n) is 5.55. The van der Waals surface area contributed by atoms with E-state index < -0.39 is 0 Å². The van der Waals surface area contributed by atoms with E-state index >= 15 is 0 Å². The Balaban J connectivity index is 2.08. The maximum atomic E-state index is 8.78. The minimum Gasteiger partial charge on any atom is -0.377 e. The van der Waals surface area contributed by atoms with Crippen molar-refractivity contribution in [1.29, 1.82) is 5.26 Å². The molecule has 5 heteroatoms. The average molecular weight is 258 g/mol. The Hall–Kier alpha value is -2.06. The zero-order chi connectivity index (χ0) is 13.0. The van der Waals surface area contributed by atoms with Gasteiger partial charge in [0.05, 0.1) is 5.69 Å². The summed E-state index contributed by atoms with van der Waals surface area (Å²) in [4.78, 5) is 8.18. The predicted octanol–water partition coefficient (Wildman–Crippen LogP) is 2.69. The first-order valence-corrected chi connectivity index (χ1v) is 6.37. The van der Waals surface area contributed by atoms with E-state index in [1.54, 1.807) is 6.20 Å². The fourth-order valence-corrected chi connectivity index (χ4v) is 2.35. The third-order valence-electron chi connectivity index (χ3n) is 2.44. The Morgan fingerprint density at radius 3 is 2.89 bits per heavy atom. The van der Waals surface area contributed by atoms with Gasteiger partial charge in [-0.25, -0.2) is 4.98 Å². The molecule has 0 saturated carbocycles. The highest BCUT2D eigenvalue weighted by Crippen LogP contribution is 2.22. The van der Waals surface area contributed by atoms with Crippen molar-refractivity contribution in [1.82, 2.24) is 4.98 Å². The molecule has 4 nitrogen and oxygen atoms in total. The van der Waals surface area contributed by atoms with E-state index in [1.807, 2.05) is 43.3 Å². The largest absolute Gasteiger partial charge is 0.377 e. The second-order valence-electron chi connectivity index (χ2n) is 4.00. The summed E-state index contributed by atoms with van der Waals surface area (Å²) in [7, 11) is 3.93. The lowest BCUT2D eigenvalue weighted by molar-refractivity contribution is 1.05. The predicted molar refractivity (Wildman–Crippen MR) is 74.9 cm³/mol. The summed E-state index contributed by atoms with van der Waals surface area (Å²) in [6, 6.07) is 9.87. The van der Waals surface area contributed by atoms with Crippen LogP contribution < -0.4 is 10.2 Å². The summed E-state index contributed by atoms with van der Waals surface area (Å²) in [5.74, 6) is 0.912. The number of aromatic nitrogens is 1. The standard InChI is InChI=1S/C13H14N4S/c1-17(2)13-12(4-3-7-15-13)16-9-11-6-5-10(8-14)18-11/h3-7,16H,9H2,1-2H3. The first-order chi connectivity index (χ1) is 8.70. The number of pyridine rings is 1. The fourth-order valence-electron chi connectivity index (χ4n) is 1.61. The van der Waals surface area contributed by atoms with Gasteiger partial charge >= 0.3 is 0 Å². The number of nitriles is 1. The van der Waals surface area contributed by atoms with Gasteiger partial charge in [0.2, 0.25) is 0 Å². The maximum absolute atomic E-state index is 8.78. The molecule has 0 fully saturated rings. The Morgan fingerprint density at radius 2 is 2.22 bits per heavy atom. The molecule has 2 aromatic heterocycles. The third kappa shape index (κ3) is 2.79. The summed E-state index contributed by atoms with van der Waals surface area (Å²) >= 11 is 1.51. The van der Waals surface area contributed by atoms with Crippen molar-refractivity contribution in [3.63, 3.8) is 0 Å². The molecule has 0 atom stereocenters. The summed E-state index contributed by atoms with van der Waals surface area (Å²) in [5.41, 5.74) is 0.995. The van der Waals surface area contributed by atoms with Gasteiger partial charge in [0, 0.05) is 31.7 Å². The van der Waals surface area contributed by atoms with Gasteiger partial charge in [-0.15, -0.1) is 11.3 Å². The summed E-state index contributed by atoms with van der Waals surface area (Å²) in [6.45, 7) is 0.707. The number of nitrogens with one attached hydrogen (secondary N) is 1. The van der Waals surface area contributed by atoms with Crippen LogP contribution in [0.15, 0.2) is 30.5 Å². The molecule has 0 aliphatic heterocycles. The molecule has 18 heavy (non-hydrogen) atoms. The van der Waals surface area contributed by atoms with E-state index in [0.29, 0.717) is 6.54 Å². The lowest BCUT2D eigenvalue weighted by atomic mass is 10.3. The molecule has 2 heterocycles. The van der Waals surface area contributed by atoms with E-state index in [1.165, 1.54) is 11.3 Å². The molecule has 0 saturated heterocycles. The first kappa shape index (κ1) is 12.4. The Kier molecular flexibility index (Phi) is 3.80. The second kappa shape index (κ2) is 5.52. The molecule has 2 rings (SSSR count). The third-order valence-corrected chi connectivity index (χ3v) is 3.43. The van der Waals surface area contributed by atoms with E-state index in [-0.39, 0.29) is 0 Å². The topological polar surface area (TPSA) is 52.0 Å². The van der Waals surface area contributed by atoms with Crippen molar-refractivity contribution >= 4 is 22.8 Å². The van der Waals surface area contributed by atoms with Crippen molar-refractivity contribution in [2.24, 2.45) is 0 Å². The lowest BCUT2D eigenvalue weighted by Crippen LogP contribution is -2.13. The molecular weight excluding hydrogens is 244 g/mol. The van der Waals surface area contributed by atoms with Crippen LogP contribution >= 0.6 is 11.3 Å². The molecule has 2 aromatic rings. The van der Waals surface area contributed by atoms with Gasteiger partial charge in [0.1, 0.15) is 10.9 Å². The van der Waals surface area contributed by atoms with Gasteiger partial charge in [-0.2, -0.15) is 5.26 Å². The molecule has 0 aliphatic rings. The molecule has 0 amide bonds. The van der Waals surface area contributed by atoms with Crippen LogP contribution in [0.4, 0.5) is 11.5 Å². The summed E-state index contributed by atoms with van der Waals surface area (Å²) < 4.78 is 0. The number of nitrogens with zero attached hydrogens (tertiary/aromatic N) is 3. The fraction of sp³-hybridized carbons (Fsp3) is 0.231. The van der Waals surface area contributed by atoms with Gasteiger partial charge in [-0.1, -0.05) is 0 Å². The van der Waals surface area contributed by atoms with Crippen LogP contribution in [0.3, 0.4) is 0 Å². The molecule has 0 aliphatic carbocycles. The average Bonchev–Trinajstić information content (AvgIpc) is 2.84. The van der Waals surface area contributed by atoms with E-state index in [4.69, 9.17) is 5.26 Å². The van der Waals surface area contributed by atoms with Crippen LogP contribution in [-0.2, 0) is 6.54 Å². The molecule has 0 spiro atoms. The van der Waals surface area contributed by atoms with Crippen LogP contribution in [0.2, 0.25) is 0 Å². The zero-order valence-electron chi connectivity index (χ0n) is 10.3. The van der Waals surface area contributed by atoms with Crippen LogP contribution in [0.1, 0.15) is 9.75 Å². The smallest absolute Gasteiger partial charge is 0.151 e. The number of anilines is 2. The molecule has 0 unspecified atom stereocenters. The number of hydrogen-bond acceptors (Lipinski definition) is 5. The maximum Gasteiger partial charge on any atom is 0.151 e. The molecule has 92 valence electrons. The number of hydrogen-bond donors (Lipinski definition) is 1.